The third-order valence-corrected chi connectivity index (χ3v) is 6.14. The van der Waals surface area contributed by atoms with Gasteiger partial charge in [0.15, 0.2) is 0 Å². The predicted octanol–water partition coefficient (Wildman–Crippen LogP) is -0.573. The van der Waals surface area contributed by atoms with Crippen LogP contribution in [0.5, 0.6) is 0 Å². The molecule has 5 nitrogen and oxygen atoms in total. The number of aldehydes is 1. The van der Waals surface area contributed by atoms with Gasteiger partial charge < -0.3 is 0 Å². The number of carbonyl (C=O) groups is 1. The van der Waals surface area contributed by atoms with Gasteiger partial charge in [-0.25, -0.2) is 0 Å². The number of guanidine groups is 1. The van der Waals surface area contributed by atoms with Crippen LogP contribution in [-0.2, 0) is 4.79 Å². The molecule has 1 fully saturated rings. The monoisotopic (exact) mass is 518 g/mol. The van der Waals surface area contributed by atoms with E-state index in [0.29, 0.717) is 11.9 Å². The molecule has 1 rings (SSSR count). The molecule has 2 radical (unpaired) electrons. The Bertz CT molecular complexity index is 239. The van der Waals surface area contributed by atoms with E-state index in [-0.39, 0.29) is 6.04 Å². The number of hydrogen-bond donors (Lipinski definition) is 3. The van der Waals surface area contributed by atoms with Gasteiger partial charge in [-0.15, -0.1) is 0 Å². The zero-order valence-electron chi connectivity index (χ0n) is 8.37. The van der Waals surface area contributed by atoms with E-state index in [1.807, 2.05) is 0 Å². The number of rotatable bonds is 5. The molecule has 4 N–H and O–H groups in total. The van der Waals surface area contributed by atoms with Gasteiger partial charge in [0, 0.05) is 0 Å². The van der Waals surface area contributed by atoms with Crippen molar-refractivity contribution in [3.8, 4) is 0 Å². The molecule has 1 aliphatic rings. The molecule has 7 heteroatoms. The van der Waals surface area contributed by atoms with Crippen molar-refractivity contribution in [2.75, 3.05) is 13.1 Å². The summed E-state index contributed by atoms with van der Waals surface area (Å²) >= 11 is 1.67. The van der Waals surface area contributed by atoms with Gasteiger partial charge in [0.05, 0.1) is 0 Å². The summed E-state index contributed by atoms with van der Waals surface area (Å²) in [5.74, 6) is 1.16. The van der Waals surface area contributed by atoms with E-state index >= 15 is 0 Å². The molecule has 0 saturated carbocycles. The van der Waals surface area contributed by atoms with Crippen molar-refractivity contribution in [1.82, 2.24) is 8.44 Å². The molecular weight excluding hydrogens is 502 g/mol. The standard InChI is InChI=1S/C8H15N4O.HI.Pb/c9-8(10)11-2-1-6-3-7(5-13)12-4-6;;/h5-7,12H,1-4H2,(H3-,9,10,11);1H;/q-1;;+2/p-1. The van der Waals surface area contributed by atoms with E-state index in [1.165, 1.54) is 0 Å². The summed E-state index contributed by atoms with van der Waals surface area (Å²) in [6.45, 7) is 1.69. The second-order valence-electron chi connectivity index (χ2n) is 3.53. The van der Waals surface area contributed by atoms with Crippen LogP contribution in [-0.4, -0.2) is 51.6 Å². The van der Waals surface area contributed by atoms with Crippen molar-refractivity contribution in [2.24, 2.45) is 16.6 Å². The zero-order chi connectivity index (χ0) is 11.1. The van der Waals surface area contributed by atoms with E-state index in [2.05, 4.69) is 31.2 Å². The van der Waals surface area contributed by atoms with Crippen LogP contribution in [0.4, 0.5) is 0 Å². The molecule has 15 heavy (non-hydrogen) atoms. The first-order valence-electron chi connectivity index (χ1n) is 4.86. The van der Waals surface area contributed by atoms with Gasteiger partial charge in [0.1, 0.15) is 0 Å². The summed E-state index contributed by atoms with van der Waals surface area (Å²) in [6, 6.07) is 0.0548. The molecule has 0 aliphatic carbocycles. The van der Waals surface area contributed by atoms with Gasteiger partial charge in [0.2, 0.25) is 0 Å². The van der Waals surface area contributed by atoms with Crippen LogP contribution >= 0.6 is 17.8 Å². The molecule has 0 aromatic heterocycles. The third-order valence-electron chi connectivity index (χ3n) is 2.42. The number of carbonyl (C=O) groups excluding carboxylic acids is 1. The maximum atomic E-state index is 10.5. The summed E-state index contributed by atoms with van der Waals surface area (Å²) in [6.07, 6.45) is 2.94. The van der Waals surface area contributed by atoms with Crippen molar-refractivity contribution < 1.29 is 4.79 Å². The predicted molar refractivity (Wildman–Crippen MR) is 70.0 cm³/mol. The van der Waals surface area contributed by atoms with Crippen LogP contribution in [0.3, 0.4) is 0 Å². The first-order chi connectivity index (χ1) is 7.26. The zero-order valence-corrected chi connectivity index (χ0v) is 14.4. The number of hydrogen-bond acceptors (Lipinski definition) is 3. The van der Waals surface area contributed by atoms with Crippen molar-refractivity contribution in [2.45, 2.75) is 18.9 Å². The maximum absolute atomic E-state index is 10.5. The second kappa shape index (κ2) is 7.77. The van der Waals surface area contributed by atoms with Gasteiger partial charge in [-0.1, -0.05) is 0 Å². The molecule has 0 aromatic rings. The Morgan fingerprint density at radius 2 is 2.60 bits per heavy atom. The summed E-state index contributed by atoms with van der Waals surface area (Å²) in [4.78, 5) is 14.7. The minimum absolute atomic E-state index is 0.0548. The summed E-state index contributed by atoms with van der Waals surface area (Å²) in [7, 11) is 0. The van der Waals surface area contributed by atoms with Crippen LogP contribution in [0, 0.1) is 5.92 Å². The van der Waals surface area contributed by atoms with Crippen molar-refractivity contribution in [3.05, 3.63) is 0 Å². The molecule has 0 spiro atoms. The van der Waals surface area contributed by atoms with Crippen LogP contribution in [0.1, 0.15) is 12.8 Å². The molecule has 2 unspecified atom stereocenters. The molecule has 0 aromatic carbocycles. The third kappa shape index (κ3) is 5.43. The van der Waals surface area contributed by atoms with Gasteiger partial charge in [-0.3, -0.25) is 0 Å². The molecule has 1 heterocycles. The molecule has 2 atom stereocenters. The number of halogens is 1. The van der Waals surface area contributed by atoms with Crippen LogP contribution in [0.25, 0.3) is 0 Å². The van der Waals surface area contributed by atoms with Crippen molar-refractivity contribution in [1.29, 1.82) is 0 Å². The van der Waals surface area contributed by atoms with Crippen LogP contribution < -0.4 is 14.2 Å². The Hall–Kier alpha value is 0.552. The van der Waals surface area contributed by atoms with E-state index in [0.717, 1.165) is 32.2 Å². The first kappa shape index (κ1) is 13.6. The quantitative estimate of drug-likeness (QED) is 0.150. The Kier molecular flexibility index (Phi) is 7.05. The SMILES string of the molecule is NC(=NCCC1CNC(C=O)C1)[NH][Pb][I]. The summed E-state index contributed by atoms with van der Waals surface area (Å²) in [5.41, 5.74) is 5.63. The minimum atomic E-state index is -0.707. The first-order valence-corrected chi connectivity index (χ1v) is 17.7. The average molecular weight is 517 g/mol. The van der Waals surface area contributed by atoms with Gasteiger partial charge in [-0.2, -0.15) is 0 Å². The van der Waals surface area contributed by atoms with Gasteiger partial charge in [-0.05, 0) is 0 Å². The molecule has 0 bridgehead atoms. The Morgan fingerprint density at radius 3 is 3.20 bits per heavy atom. The fourth-order valence-electron chi connectivity index (χ4n) is 1.62. The molecule has 1 aliphatic heterocycles. The van der Waals surface area contributed by atoms with Gasteiger partial charge in [0.25, 0.3) is 0 Å². The van der Waals surface area contributed by atoms with Crippen LogP contribution in [0.15, 0.2) is 4.99 Å². The topological polar surface area (TPSA) is 79.5 Å². The number of nitrogens with zero attached hydrogens (tertiary/aromatic N) is 1. The normalized spacial score (nSPS) is 26.6. The summed E-state index contributed by atoms with van der Waals surface area (Å²) in [5, 5.41) is 3.16. The molecular formula is C8H15IN4OPb. The van der Waals surface area contributed by atoms with E-state index < -0.39 is 20.2 Å². The average Bonchev–Trinajstić information content (AvgIpc) is 2.66. The van der Waals surface area contributed by atoms with Crippen molar-refractivity contribution >= 4 is 50.2 Å². The van der Waals surface area contributed by atoms with Crippen LogP contribution in [0.2, 0.25) is 0 Å². The Balaban J connectivity index is 2.15. The van der Waals surface area contributed by atoms with E-state index in [1.54, 1.807) is 0 Å². The van der Waals surface area contributed by atoms with Gasteiger partial charge >= 0.3 is 112 Å². The van der Waals surface area contributed by atoms with E-state index in [9.17, 15) is 4.79 Å². The number of nitrogens with one attached hydrogen (secondary N) is 2. The second-order valence-corrected chi connectivity index (χ2v) is 9.97. The van der Waals surface area contributed by atoms with Crippen molar-refractivity contribution in [3.63, 3.8) is 0 Å². The molecule has 1 saturated heterocycles. The fourth-order valence-corrected chi connectivity index (χ4v) is 4.73. The molecule has 0 amide bonds. The summed E-state index contributed by atoms with van der Waals surface area (Å²) < 4.78 is 3.13. The van der Waals surface area contributed by atoms with E-state index in [4.69, 9.17) is 5.73 Å². The fraction of sp³-hybridized carbons (Fsp3) is 0.750. The Labute approximate surface area is 111 Å². The molecule has 84 valence electrons. The number of aliphatic imine (C=N–C) groups is 1. The number of nitrogens with two attached hydrogens (primary N) is 1. The Morgan fingerprint density at radius 1 is 1.80 bits per heavy atom.